The lowest BCUT2D eigenvalue weighted by molar-refractivity contribution is 0.310. The number of fused-ring (bicyclic) bond motifs is 2. The van der Waals surface area contributed by atoms with E-state index < -0.39 is 0 Å². The van der Waals surface area contributed by atoms with Gasteiger partial charge in [-0.1, -0.05) is 65.9 Å². The van der Waals surface area contributed by atoms with E-state index in [9.17, 15) is 4.79 Å². The molecule has 0 aliphatic carbocycles. The number of thioether (sulfide) groups is 1. The van der Waals surface area contributed by atoms with Gasteiger partial charge < -0.3 is 13.6 Å². The van der Waals surface area contributed by atoms with E-state index in [1.54, 1.807) is 12.1 Å². The SMILES string of the molecule is Cc1ccc(-c2oc3ccccc3c(=O)c2OCCCSc2nc3ccccc3o2)cc1. The second kappa shape index (κ2) is 8.93. The molecule has 32 heavy (non-hydrogen) atoms. The molecule has 160 valence electrons. The summed E-state index contributed by atoms with van der Waals surface area (Å²) in [5.74, 6) is 1.46. The lowest BCUT2D eigenvalue weighted by Crippen LogP contribution is -2.11. The van der Waals surface area contributed by atoms with Gasteiger partial charge in [-0.2, -0.15) is 0 Å². The van der Waals surface area contributed by atoms with E-state index in [0.717, 1.165) is 34.4 Å². The van der Waals surface area contributed by atoms with Crippen molar-refractivity contribution in [1.82, 2.24) is 4.98 Å². The fourth-order valence-electron chi connectivity index (χ4n) is 3.46. The number of aryl methyl sites for hydroxylation is 1. The Kier molecular flexibility index (Phi) is 5.69. The third kappa shape index (κ3) is 4.14. The summed E-state index contributed by atoms with van der Waals surface area (Å²) in [6.07, 6.45) is 0.725. The Morgan fingerprint density at radius 1 is 0.906 bits per heavy atom. The molecule has 0 fully saturated rings. The van der Waals surface area contributed by atoms with E-state index in [2.05, 4.69) is 4.98 Å². The van der Waals surface area contributed by atoms with Gasteiger partial charge in [-0.25, -0.2) is 4.98 Å². The molecule has 6 heteroatoms. The average Bonchev–Trinajstić information content (AvgIpc) is 3.23. The Hall–Kier alpha value is -3.51. The Balaban J connectivity index is 1.33. The lowest BCUT2D eigenvalue weighted by Gasteiger charge is -2.11. The normalized spacial score (nSPS) is 11.3. The van der Waals surface area contributed by atoms with Crippen molar-refractivity contribution in [3.05, 3.63) is 88.6 Å². The van der Waals surface area contributed by atoms with E-state index in [4.69, 9.17) is 13.6 Å². The predicted octanol–water partition coefficient (Wildman–Crippen LogP) is 6.47. The van der Waals surface area contributed by atoms with Crippen molar-refractivity contribution >= 4 is 33.8 Å². The highest BCUT2D eigenvalue weighted by Crippen LogP contribution is 2.31. The highest BCUT2D eigenvalue weighted by molar-refractivity contribution is 7.99. The van der Waals surface area contributed by atoms with Gasteiger partial charge in [0.05, 0.1) is 12.0 Å². The zero-order valence-electron chi connectivity index (χ0n) is 17.5. The van der Waals surface area contributed by atoms with E-state index in [1.807, 2.05) is 67.6 Å². The smallest absolute Gasteiger partial charge is 0.256 e. The monoisotopic (exact) mass is 443 g/mol. The molecule has 0 N–H and O–H groups in total. The van der Waals surface area contributed by atoms with Gasteiger partial charge in [0.15, 0.2) is 11.3 Å². The third-order valence-corrected chi connectivity index (χ3v) is 6.02. The summed E-state index contributed by atoms with van der Waals surface area (Å²) in [7, 11) is 0. The molecule has 0 amide bonds. The van der Waals surface area contributed by atoms with Crippen molar-refractivity contribution in [2.75, 3.05) is 12.4 Å². The van der Waals surface area contributed by atoms with Crippen LogP contribution in [0.25, 0.3) is 33.4 Å². The minimum atomic E-state index is -0.158. The molecular formula is C26H21NO4S. The molecule has 0 spiro atoms. The van der Waals surface area contributed by atoms with Gasteiger partial charge in [0.25, 0.3) is 5.22 Å². The second-order valence-electron chi connectivity index (χ2n) is 7.45. The van der Waals surface area contributed by atoms with Gasteiger partial charge in [-0.15, -0.1) is 0 Å². The first-order chi connectivity index (χ1) is 15.7. The van der Waals surface area contributed by atoms with E-state index in [-0.39, 0.29) is 11.2 Å². The molecule has 2 aromatic heterocycles. The largest absolute Gasteiger partial charge is 0.486 e. The van der Waals surface area contributed by atoms with Crippen LogP contribution in [0, 0.1) is 6.92 Å². The maximum atomic E-state index is 13.2. The summed E-state index contributed by atoms with van der Waals surface area (Å²) >= 11 is 1.53. The van der Waals surface area contributed by atoms with Crippen LogP contribution in [0.1, 0.15) is 12.0 Å². The molecule has 0 saturated carbocycles. The minimum absolute atomic E-state index is 0.158. The maximum absolute atomic E-state index is 13.2. The summed E-state index contributed by atoms with van der Waals surface area (Å²) in [6, 6.07) is 22.8. The van der Waals surface area contributed by atoms with Crippen molar-refractivity contribution < 1.29 is 13.6 Å². The van der Waals surface area contributed by atoms with Crippen LogP contribution in [-0.2, 0) is 0 Å². The molecule has 0 unspecified atom stereocenters. The van der Waals surface area contributed by atoms with Gasteiger partial charge in [0.1, 0.15) is 11.1 Å². The van der Waals surface area contributed by atoms with Gasteiger partial charge in [0.2, 0.25) is 11.2 Å². The van der Waals surface area contributed by atoms with Crippen LogP contribution in [0.3, 0.4) is 0 Å². The van der Waals surface area contributed by atoms with Crippen LogP contribution in [0.2, 0.25) is 0 Å². The number of hydrogen-bond donors (Lipinski definition) is 0. The van der Waals surface area contributed by atoms with E-state index in [1.165, 1.54) is 11.8 Å². The van der Waals surface area contributed by atoms with Crippen molar-refractivity contribution in [3.63, 3.8) is 0 Å². The Labute approximate surface area is 189 Å². The van der Waals surface area contributed by atoms with Crippen molar-refractivity contribution in [2.45, 2.75) is 18.6 Å². The average molecular weight is 444 g/mol. The number of oxazole rings is 1. The van der Waals surface area contributed by atoms with Gasteiger partial charge in [-0.05, 0) is 37.6 Å². The summed E-state index contributed by atoms with van der Waals surface area (Å²) in [6.45, 7) is 2.40. The van der Waals surface area contributed by atoms with Crippen LogP contribution < -0.4 is 10.2 Å². The molecule has 5 rings (SSSR count). The lowest BCUT2D eigenvalue weighted by atomic mass is 10.1. The number of benzene rings is 3. The van der Waals surface area contributed by atoms with Crippen molar-refractivity contribution in [3.8, 4) is 17.1 Å². The first-order valence-corrected chi connectivity index (χ1v) is 11.4. The Morgan fingerprint density at radius 3 is 2.47 bits per heavy atom. The van der Waals surface area contributed by atoms with Gasteiger partial charge in [-0.3, -0.25) is 4.79 Å². The zero-order chi connectivity index (χ0) is 21.9. The fraction of sp³-hybridized carbons (Fsp3) is 0.154. The molecule has 5 nitrogen and oxygen atoms in total. The Bertz CT molecular complexity index is 1400. The van der Waals surface area contributed by atoms with Crippen LogP contribution in [0.4, 0.5) is 0 Å². The van der Waals surface area contributed by atoms with E-state index in [0.29, 0.717) is 28.6 Å². The zero-order valence-corrected chi connectivity index (χ0v) is 18.4. The minimum Gasteiger partial charge on any atom is -0.486 e. The summed E-state index contributed by atoms with van der Waals surface area (Å²) in [5, 5.41) is 1.15. The first-order valence-electron chi connectivity index (χ1n) is 10.4. The fourth-order valence-corrected chi connectivity index (χ4v) is 4.20. The second-order valence-corrected chi connectivity index (χ2v) is 8.50. The predicted molar refractivity (Wildman–Crippen MR) is 128 cm³/mol. The van der Waals surface area contributed by atoms with E-state index >= 15 is 0 Å². The summed E-state index contributed by atoms with van der Waals surface area (Å²) < 4.78 is 17.8. The molecule has 0 aliphatic rings. The molecule has 3 aromatic carbocycles. The highest BCUT2D eigenvalue weighted by atomic mass is 32.2. The molecule has 0 bridgehead atoms. The number of rotatable bonds is 7. The number of nitrogens with zero attached hydrogens (tertiary/aromatic N) is 1. The molecule has 0 radical (unpaired) electrons. The summed E-state index contributed by atoms with van der Waals surface area (Å²) in [4.78, 5) is 17.6. The number of hydrogen-bond acceptors (Lipinski definition) is 6. The van der Waals surface area contributed by atoms with Gasteiger partial charge in [0, 0.05) is 11.3 Å². The van der Waals surface area contributed by atoms with Gasteiger partial charge >= 0.3 is 0 Å². The Morgan fingerprint density at radius 2 is 1.66 bits per heavy atom. The van der Waals surface area contributed by atoms with Crippen molar-refractivity contribution in [2.24, 2.45) is 0 Å². The van der Waals surface area contributed by atoms with Crippen LogP contribution in [-0.4, -0.2) is 17.3 Å². The molecule has 0 saturated heterocycles. The molecule has 2 heterocycles. The maximum Gasteiger partial charge on any atom is 0.256 e. The topological polar surface area (TPSA) is 65.5 Å². The standard InChI is InChI=1S/C26H21NO4S/c1-17-11-13-18(14-12-17)24-25(23(28)19-7-2-4-9-21(19)30-24)29-15-6-16-32-26-27-20-8-3-5-10-22(20)31-26/h2-5,7-14H,6,15-16H2,1H3. The van der Waals surface area contributed by atoms with Crippen LogP contribution in [0.5, 0.6) is 5.75 Å². The molecule has 5 aromatic rings. The number of aromatic nitrogens is 1. The molecule has 0 atom stereocenters. The van der Waals surface area contributed by atoms with Crippen molar-refractivity contribution in [1.29, 1.82) is 0 Å². The molecular weight excluding hydrogens is 422 g/mol. The quantitative estimate of drug-likeness (QED) is 0.212. The third-order valence-electron chi connectivity index (χ3n) is 5.10. The number of ether oxygens (including phenoxy) is 1. The number of para-hydroxylation sites is 3. The van der Waals surface area contributed by atoms with Crippen LogP contribution >= 0.6 is 11.8 Å². The molecule has 0 aliphatic heterocycles. The van der Waals surface area contributed by atoms with Crippen LogP contribution in [0.15, 0.2) is 91.6 Å². The first kappa shape index (κ1) is 20.4. The highest BCUT2D eigenvalue weighted by Gasteiger charge is 2.17. The summed E-state index contributed by atoms with van der Waals surface area (Å²) in [5.41, 5.74) is 3.97.